The van der Waals surface area contributed by atoms with Crippen LogP contribution in [-0.4, -0.2) is 42.5 Å². The third kappa shape index (κ3) is 7.52. The average Bonchev–Trinajstić information content (AvgIpc) is 2.76. The average molecular weight is 455 g/mol. The van der Waals surface area contributed by atoms with Crippen LogP contribution in [0.4, 0.5) is 0 Å². The van der Waals surface area contributed by atoms with Crippen molar-refractivity contribution < 1.29 is 19.1 Å². The Labute approximate surface area is 198 Å². The van der Waals surface area contributed by atoms with Crippen molar-refractivity contribution in [2.75, 3.05) is 13.7 Å². The Balaban J connectivity index is 2.30. The Bertz CT molecular complexity index is 934. The second-order valence-electron chi connectivity index (χ2n) is 9.50. The van der Waals surface area contributed by atoms with E-state index in [0.29, 0.717) is 17.9 Å². The minimum absolute atomic E-state index is 0.0183. The summed E-state index contributed by atoms with van der Waals surface area (Å²) in [6.45, 7) is 12.2. The molecule has 0 aliphatic heterocycles. The second-order valence-corrected chi connectivity index (χ2v) is 9.50. The van der Waals surface area contributed by atoms with E-state index < -0.39 is 6.04 Å². The van der Waals surface area contributed by atoms with Gasteiger partial charge in [-0.05, 0) is 55.0 Å². The predicted molar refractivity (Wildman–Crippen MR) is 132 cm³/mol. The third-order valence-corrected chi connectivity index (χ3v) is 5.35. The van der Waals surface area contributed by atoms with Crippen LogP contribution in [0.25, 0.3) is 0 Å². The minimum atomic E-state index is -0.604. The molecule has 2 amide bonds. The summed E-state index contributed by atoms with van der Waals surface area (Å²) in [5.41, 5.74) is 1.79. The van der Waals surface area contributed by atoms with Gasteiger partial charge in [0.05, 0.1) is 7.11 Å². The summed E-state index contributed by atoms with van der Waals surface area (Å²) < 4.78 is 11.3. The molecule has 180 valence electrons. The van der Waals surface area contributed by atoms with E-state index >= 15 is 0 Å². The van der Waals surface area contributed by atoms with Gasteiger partial charge in [0.25, 0.3) is 5.91 Å². The highest BCUT2D eigenvalue weighted by Crippen LogP contribution is 2.31. The van der Waals surface area contributed by atoms with Crippen LogP contribution in [0.1, 0.15) is 59.1 Å². The zero-order valence-electron chi connectivity index (χ0n) is 21.0. The van der Waals surface area contributed by atoms with Crippen molar-refractivity contribution in [3.63, 3.8) is 0 Å². The van der Waals surface area contributed by atoms with Crippen molar-refractivity contribution >= 4 is 11.8 Å². The molecule has 6 heteroatoms. The zero-order valence-corrected chi connectivity index (χ0v) is 21.0. The molecule has 2 rings (SSSR count). The number of hydrogen-bond acceptors (Lipinski definition) is 4. The molecule has 0 spiro atoms. The fourth-order valence-corrected chi connectivity index (χ4v) is 3.70. The van der Waals surface area contributed by atoms with E-state index in [1.54, 1.807) is 12.0 Å². The largest absolute Gasteiger partial charge is 0.497 e. The molecule has 0 saturated heterocycles. The molecule has 0 unspecified atom stereocenters. The number of carbonyl (C=O) groups is 2. The van der Waals surface area contributed by atoms with Gasteiger partial charge in [-0.15, -0.1) is 0 Å². The minimum Gasteiger partial charge on any atom is -0.497 e. The molecular weight excluding hydrogens is 416 g/mol. The third-order valence-electron chi connectivity index (χ3n) is 5.35. The van der Waals surface area contributed by atoms with Crippen LogP contribution in [0.15, 0.2) is 48.5 Å². The Morgan fingerprint density at radius 2 is 1.76 bits per heavy atom. The normalized spacial score (nSPS) is 12.2. The maximum absolute atomic E-state index is 13.4. The standard InChI is InChI=1S/C27H38N2O4/c1-8-23(26(31)28-19(2)3)29(17-20-12-11-13-21(16-20)32-7)25(30)18-33-24-15-10-9-14-22(24)27(4,5)6/h9-16,19,23H,8,17-18H2,1-7H3,(H,28,31)/t23-/m1/s1. The number of benzene rings is 2. The number of nitrogens with one attached hydrogen (secondary N) is 1. The van der Waals surface area contributed by atoms with Crippen molar-refractivity contribution in [2.24, 2.45) is 0 Å². The van der Waals surface area contributed by atoms with Crippen molar-refractivity contribution in [1.82, 2.24) is 10.2 Å². The van der Waals surface area contributed by atoms with E-state index in [-0.39, 0.29) is 36.4 Å². The molecule has 0 saturated carbocycles. The van der Waals surface area contributed by atoms with Gasteiger partial charge in [0, 0.05) is 12.6 Å². The Morgan fingerprint density at radius 1 is 1.06 bits per heavy atom. The molecule has 0 aliphatic rings. The molecule has 0 fully saturated rings. The zero-order chi connectivity index (χ0) is 24.6. The number of ether oxygens (including phenoxy) is 2. The van der Waals surface area contributed by atoms with Crippen molar-refractivity contribution in [3.05, 3.63) is 59.7 Å². The van der Waals surface area contributed by atoms with Crippen LogP contribution in [0.2, 0.25) is 0 Å². The smallest absolute Gasteiger partial charge is 0.261 e. The maximum Gasteiger partial charge on any atom is 0.261 e. The first-order chi connectivity index (χ1) is 15.6. The number of para-hydroxylation sites is 1. The number of carbonyl (C=O) groups excluding carboxylic acids is 2. The van der Waals surface area contributed by atoms with E-state index in [9.17, 15) is 9.59 Å². The van der Waals surface area contributed by atoms with Crippen LogP contribution in [0, 0.1) is 0 Å². The summed E-state index contributed by atoms with van der Waals surface area (Å²) in [5, 5.41) is 2.94. The topological polar surface area (TPSA) is 67.9 Å². The van der Waals surface area contributed by atoms with Crippen LogP contribution in [0.5, 0.6) is 11.5 Å². The molecule has 33 heavy (non-hydrogen) atoms. The Hall–Kier alpha value is -3.02. The fourth-order valence-electron chi connectivity index (χ4n) is 3.70. The highest BCUT2D eigenvalue weighted by molar-refractivity contribution is 5.88. The highest BCUT2D eigenvalue weighted by atomic mass is 16.5. The van der Waals surface area contributed by atoms with Gasteiger partial charge in [-0.2, -0.15) is 0 Å². The van der Waals surface area contributed by atoms with Gasteiger partial charge in [0.2, 0.25) is 5.91 Å². The highest BCUT2D eigenvalue weighted by Gasteiger charge is 2.30. The first-order valence-electron chi connectivity index (χ1n) is 11.5. The first-order valence-corrected chi connectivity index (χ1v) is 11.5. The number of methoxy groups -OCH3 is 1. The van der Waals surface area contributed by atoms with E-state index in [1.165, 1.54) is 0 Å². The van der Waals surface area contributed by atoms with Crippen LogP contribution in [0.3, 0.4) is 0 Å². The van der Waals surface area contributed by atoms with E-state index in [4.69, 9.17) is 9.47 Å². The Kier molecular flexibility index (Phi) is 9.32. The van der Waals surface area contributed by atoms with Gasteiger partial charge < -0.3 is 19.7 Å². The number of amides is 2. The maximum atomic E-state index is 13.4. The molecule has 2 aromatic rings. The lowest BCUT2D eigenvalue weighted by Gasteiger charge is -2.31. The molecule has 0 bridgehead atoms. The van der Waals surface area contributed by atoms with Gasteiger partial charge in [-0.1, -0.05) is 58.0 Å². The van der Waals surface area contributed by atoms with Gasteiger partial charge >= 0.3 is 0 Å². The van der Waals surface area contributed by atoms with Crippen molar-refractivity contribution in [1.29, 1.82) is 0 Å². The first kappa shape index (κ1) is 26.2. The van der Waals surface area contributed by atoms with Crippen LogP contribution >= 0.6 is 0 Å². The molecule has 0 aliphatic carbocycles. The van der Waals surface area contributed by atoms with Crippen molar-refractivity contribution in [3.8, 4) is 11.5 Å². The Morgan fingerprint density at radius 3 is 2.36 bits per heavy atom. The lowest BCUT2D eigenvalue weighted by molar-refractivity contribution is -0.143. The van der Waals surface area contributed by atoms with Crippen molar-refractivity contribution in [2.45, 2.75) is 72.0 Å². The molecule has 0 radical (unpaired) electrons. The number of rotatable bonds is 10. The van der Waals surface area contributed by atoms with E-state index in [1.807, 2.05) is 69.3 Å². The fraction of sp³-hybridized carbons (Fsp3) is 0.481. The van der Waals surface area contributed by atoms with Gasteiger partial charge in [0.1, 0.15) is 17.5 Å². The van der Waals surface area contributed by atoms with Gasteiger partial charge in [0.15, 0.2) is 6.61 Å². The molecular formula is C27H38N2O4. The van der Waals surface area contributed by atoms with Gasteiger partial charge in [-0.3, -0.25) is 9.59 Å². The molecule has 1 atom stereocenters. The molecule has 6 nitrogen and oxygen atoms in total. The molecule has 2 aromatic carbocycles. The summed E-state index contributed by atoms with van der Waals surface area (Å²) in [7, 11) is 1.60. The molecule has 0 heterocycles. The summed E-state index contributed by atoms with van der Waals surface area (Å²) in [6, 6.07) is 14.7. The lowest BCUT2D eigenvalue weighted by atomic mass is 9.86. The molecule has 1 N–H and O–H groups in total. The lowest BCUT2D eigenvalue weighted by Crippen LogP contribution is -2.51. The van der Waals surface area contributed by atoms with Gasteiger partial charge in [-0.25, -0.2) is 0 Å². The molecule has 0 aromatic heterocycles. The summed E-state index contributed by atoms with van der Waals surface area (Å²) in [5.74, 6) is 0.973. The summed E-state index contributed by atoms with van der Waals surface area (Å²) in [4.78, 5) is 28.0. The number of nitrogens with zero attached hydrogens (tertiary/aromatic N) is 1. The quantitative estimate of drug-likeness (QED) is 0.565. The van der Waals surface area contributed by atoms with E-state index in [0.717, 1.165) is 11.1 Å². The summed E-state index contributed by atoms with van der Waals surface area (Å²) >= 11 is 0. The summed E-state index contributed by atoms with van der Waals surface area (Å²) in [6.07, 6.45) is 0.493. The SMILES string of the molecule is CC[C@H](C(=O)NC(C)C)N(Cc1cccc(OC)c1)C(=O)COc1ccccc1C(C)(C)C. The number of hydrogen-bond donors (Lipinski definition) is 1. The second kappa shape index (κ2) is 11.7. The van der Waals surface area contributed by atoms with E-state index in [2.05, 4.69) is 26.1 Å². The predicted octanol–water partition coefficient (Wildman–Crippen LogP) is 4.70. The monoisotopic (exact) mass is 454 g/mol. The van der Waals surface area contributed by atoms with Crippen LogP contribution < -0.4 is 14.8 Å². The van der Waals surface area contributed by atoms with Crippen LogP contribution in [-0.2, 0) is 21.5 Å².